The first-order chi connectivity index (χ1) is 11.5. The molecule has 1 fully saturated rings. The Morgan fingerprint density at radius 3 is 3.00 bits per heavy atom. The first kappa shape index (κ1) is 16.0. The van der Waals surface area contributed by atoms with Crippen molar-refractivity contribution in [3.63, 3.8) is 0 Å². The fourth-order valence-electron chi connectivity index (χ4n) is 2.40. The molecule has 1 aromatic carbocycles. The third-order valence-corrected chi connectivity index (χ3v) is 3.65. The minimum Gasteiger partial charge on any atom is -0.448 e. The minimum absolute atomic E-state index is 0.0535. The Hall–Kier alpha value is -2.90. The molecule has 1 aliphatic heterocycles. The average molecular weight is 330 g/mol. The van der Waals surface area contributed by atoms with Crippen LogP contribution in [0.2, 0.25) is 0 Å². The molecule has 0 aliphatic carbocycles. The second kappa shape index (κ2) is 6.69. The third kappa shape index (κ3) is 3.53. The molecule has 0 saturated carbocycles. The van der Waals surface area contributed by atoms with E-state index in [1.165, 1.54) is 4.90 Å². The van der Waals surface area contributed by atoms with Gasteiger partial charge in [0.25, 0.3) is 0 Å². The standard InChI is InChI=1S/C16H18N4O4/c1-10-4-3-5-12(8-10)14-18-15(24-19-14)11(2)17-13(21)9-20-6-7-23-16(20)22/h3-5,8,11H,6-7,9H2,1-2H3,(H,17,21)/t11-/m0/s1. The summed E-state index contributed by atoms with van der Waals surface area (Å²) in [5.41, 5.74) is 1.95. The van der Waals surface area contributed by atoms with E-state index in [-0.39, 0.29) is 12.5 Å². The number of cyclic esters (lactones) is 1. The van der Waals surface area contributed by atoms with Crippen LogP contribution in [0.4, 0.5) is 4.79 Å². The molecule has 0 spiro atoms. The van der Waals surface area contributed by atoms with Crippen LogP contribution in [-0.2, 0) is 9.53 Å². The van der Waals surface area contributed by atoms with Crippen molar-refractivity contribution in [1.29, 1.82) is 0 Å². The number of carbonyl (C=O) groups is 2. The van der Waals surface area contributed by atoms with Crippen LogP contribution in [-0.4, -0.2) is 46.7 Å². The number of aryl methyl sites for hydroxylation is 1. The largest absolute Gasteiger partial charge is 0.448 e. The van der Waals surface area contributed by atoms with Crippen LogP contribution in [0.15, 0.2) is 28.8 Å². The van der Waals surface area contributed by atoms with Crippen molar-refractivity contribution >= 4 is 12.0 Å². The molecule has 1 atom stereocenters. The van der Waals surface area contributed by atoms with E-state index in [1.807, 2.05) is 31.2 Å². The van der Waals surface area contributed by atoms with Crippen molar-refractivity contribution in [1.82, 2.24) is 20.4 Å². The van der Waals surface area contributed by atoms with Crippen molar-refractivity contribution in [2.24, 2.45) is 0 Å². The number of benzene rings is 1. The lowest BCUT2D eigenvalue weighted by atomic mass is 10.1. The van der Waals surface area contributed by atoms with Gasteiger partial charge in [-0.3, -0.25) is 9.69 Å². The number of rotatable bonds is 5. The molecule has 24 heavy (non-hydrogen) atoms. The predicted octanol–water partition coefficient (Wildman–Crippen LogP) is 1.67. The summed E-state index contributed by atoms with van der Waals surface area (Å²) in [6.45, 7) is 4.40. The Morgan fingerprint density at radius 1 is 1.46 bits per heavy atom. The zero-order chi connectivity index (χ0) is 17.1. The smallest absolute Gasteiger partial charge is 0.410 e. The van der Waals surface area contributed by atoms with Gasteiger partial charge in [-0.15, -0.1) is 0 Å². The number of hydrogen-bond donors (Lipinski definition) is 1. The van der Waals surface area contributed by atoms with Crippen molar-refractivity contribution in [2.75, 3.05) is 19.7 Å². The number of hydrogen-bond acceptors (Lipinski definition) is 6. The molecule has 0 radical (unpaired) electrons. The van der Waals surface area contributed by atoms with Crippen molar-refractivity contribution in [2.45, 2.75) is 19.9 Å². The van der Waals surface area contributed by atoms with E-state index in [4.69, 9.17) is 9.26 Å². The Balaban J connectivity index is 1.62. The summed E-state index contributed by atoms with van der Waals surface area (Å²) in [5, 5.41) is 6.68. The summed E-state index contributed by atoms with van der Waals surface area (Å²) in [4.78, 5) is 29.0. The van der Waals surface area contributed by atoms with Gasteiger partial charge >= 0.3 is 6.09 Å². The lowest BCUT2D eigenvalue weighted by molar-refractivity contribution is -0.122. The molecule has 126 valence electrons. The summed E-state index contributed by atoms with van der Waals surface area (Å²) >= 11 is 0. The number of carbonyl (C=O) groups excluding carboxylic acids is 2. The normalized spacial score (nSPS) is 15.2. The molecule has 2 heterocycles. The molecule has 1 N–H and O–H groups in total. The summed E-state index contributed by atoms with van der Waals surface area (Å²) in [5.74, 6) is 0.471. The summed E-state index contributed by atoms with van der Waals surface area (Å²) in [6.07, 6.45) is -0.475. The van der Waals surface area contributed by atoms with Gasteiger partial charge in [-0.1, -0.05) is 28.9 Å². The van der Waals surface area contributed by atoms with Crippen LogP contribution in [0.5, 0.6) is 0 Å². The highest BCUT2D eigenvalue weighted by atomic mass is 16.6. The summed E-state index contributed by atoms with van der Waals surface area (Å²) in [7, 11) is 0. The molecular weight excluding hydrogens is 312 g/mol. The van der Waals surface area contributed by atoms with Crippen LogP contribution in [0, 0.1) is 6.92 Å². The first-order valence-corrected chi connectivity index (χ1v) is 7.64. The topological polar surface area (TPSA) is 97.6 Å². The SMILES string of the molecule is Cc1cccc(-c2noc([C@H](C)NC(=O)CN3CCOC3=O)n2)c1. The molecule has 0 unspecified atom stereocenters. The maximum absolute atomic E-state index is 12.0. The molecule has 0 bridgehead atoms. The lowest BCUT2D eigenvalue weighted by Crippen LogP contribution is -2.38. The number of aromatic nitrogens is 2. The van der Waals surface area contributed by atoms with Crippen LogP contribution < -0.4 is 5.32 Å². The zero-order valence-electron chi connectivity index (χ0n) is 13.5. The molecule has 2 amide bonds. The van der Waals surface area contributed by atoms with Crippen LogP contribution >= 0.6 is 0 Å². The number of ether oxygens (including phenoxy) is 1. The van der Waals surface area contributed by atoms with Crippen molar-refractivity contribution < 1.29 is 18.8 Å². The van der Waals surface area contributed by atoms with E-state index >= 15 is 0 Å². The number of nitrogens with one attached hydrogen (secondary N) is 1. The van der Waals surface area contributed by atoms with E-state index in [0.29, 0.717) is 24.9 Å². The van der Waals surface area contributed by atoms with Gasteiger partial charge in [0.1, 0.15) is 19.2 Å². The predicted molar refractivity (Wildman–Crippen MR) is 83.9 cm³/mol. The van der Waals surface area contributed by atoms with E-state index in [1.54, 1.807) is 6.92 Å². The van der Waals surface area contributed by atoms with Crippen LogP contribution in [0.3, 0.4) is 0 Å². The van der Waals surface area contributed by atoms with E-state index in [0.717, 1.165) is 11.1 Å². The van der Waals surface area contributed by atoms with Gasteiger partial charge in [0, 0.05) is 5.56 Å². The minimum atomic E-state index is -0.475. The van der Waals surface area contributed by atoms with E-state index in [2.05, 4.69) is 15.5 Å². The highest BCUT2D eigenvalue weighted by Gasteiger charge is 2.25. The maximum Gasteiger partial charge on any atom is 0.410 e. The van der Waals surface area contributed by atoms with E-state index < -0.39 is 12.1 Å². The van der Waals surface area contributed by atoms with Crippen molar-refractivity contribution in [3.8, 4) is 11.4 Å². The third-order valence-electron chi connectivity index (χ3n) is 3.65. The number of amides is 2. The van der Waals surface area contributed by atoms with Gasteiger partial charge in [0.15, 0.2) is 0 Å². The van der Waals surface area contributed by atoms with Gasteiger partial charge in [0.05, 0.1) is 6.54 Å². The molecule has 8 heteroatoms. The zero-order valence-corrected chi connectivity index (χ0v) is 13.5. The molecule has 1 aliphatic rings. The summed E-state index contributed by atoms with van der Waals surface area (Å²) in [6, 6.07) is 7.29. The van der Waals surface area contributed by atoms with Crippen molar-refractivity contribution in [3.05, 3.63) is 35.7 Å². The molecule has 1 saturated heterocycles. The van der Waals surface area contributed by atoms with Gasteiger partial charge in [-0.2, -0.15) is 4.98 Å². The quantitative estimate of drug-likeness (QED) is 0.895. The molecule has 8 nitrogen and oxygen atoms in total. The second-order valence-corrected chi connectivity index (χ2v) is 5.65. The lowest BCUT2D eigenvalue weighted by Gasteiger charge is -2.14. The Labute approximate surface area is 138 Å². The van der Waals surface area contributed by atoms with Gasteiger partial charge in [-0.05, 0) is 19.9 Å². The molecule has 2 aromatic rings. The summed E-state index contributed by atoms with van der Waals surface area (Å²) < 4.78 is 10.0. The van der Waals surface area contributed by atoms with Gasteiger partial charge in [-0.25, -0.2) is 4.79 Å². The fourth-order valence-corrected chi connectivity index (χ4v) is 2.40. The first-order valence-electron chi connectivity index (χ1n) is 7.64. The monoisotopic (exact) mass is 330 g/mol. The Bertz CT molecular complexity index is 758. The highest BCUT2D eigenvalue weighted by Crippen LogP contribution is 2.19. The average Bonchev–Trinajstić information content (AvgIpc) is 3.17. The highest BCUT2D eigenvalue weighted by molar-refractivity contribution is 5.83. The Kier molecular flexibility index (Phi) is 4.45. The van der Waals surface area contributed by atoms with E-state index in [9.17, 15) is 9.59 Å². The fraction of sp³-hybridized carbons (Fsp3) is 0.375. The molecule has 1 aromatic heterocycles. The molecule has 3 rings (SSSR count). The Morgan fingerprint density at radius 2 is 2.29 bits per heavy atom. The van der Waals surface area contributed by atoms with Gasteiger partial charge < -0.3 is 14.6 Å². The second-order valence-electron chi connectivity index (χ2n) is 5.65. The van der Waals surface area contributed by atoms with Crippen LogP contribution in [0.1, 0.15) is 24.4 Å². The van der Waals surface area contributed by atoms with Crippen LogP contribution in [0.25, 0.3) is 11.4 Å². The number of nitrogens with zero attached hydrogens (tertiary/aromatic N) is 3. The van der Waals surface area contributed by atoms with Gasteiger partial charge in [0.2, 0.25) is 17.6 Å². The maximum atomic E-state index is 12.0. The molecular formula is C16H18N4O4.